The van der Waals surface area contributed by atoms with E-state index in [-0.39, 0.29) is 18.1 Å². The number of rotatable bonds is 6. The minimum atomic E-state index is -3.07. The minimum Gasteiger partial charge on any atom is -0.306 e. The van der Waals surface area contributed by atoms with Crippen LogP contribution in [-0.4, -0.2) is 36.1 Å². The summed E-state index contributed by atoms with van der Waals surface area (Å²) in [6, 6.07) is 7.42. The van der Waals surface area contributed by atoms with Crippen molar-refractivity contribution in [3.63, 3.8) is 0 Å². The molecule has 2 aromatic rings. The highest BCUT2D eigenvalue weighted by atomic mass is 32.2. The van der Waals surface area contributed by atoms with Gasteiger partial charge in [-0.2, -0.15) is 5.10 Å². The van der Waals surface area contributed by atoms with Crippen molar-refractivity contribution in [3.8, 4) is 0 Å². The topological polar surface area (TPSA) is 81.1 Å². The molecule has 1 N–H and O–H groups in total. The zero-order valence-electron chi connectivity index (χ0n) is 12.4. The summed E-state index contributed by atoms with van der Waals surface area (Å²) >= 11 is 0. The van der Waals surface area contributed by atoms with Gasteiger partial charge in [0.05, 0.1) is 12.3 Å². The summed E-state index contributed by atoms with van der Waals surface area (Å²) in [6.07, 6.45) is 5.48. The van der Waals surface area contributed by atoms with E-state index in [0.29, 0.717) is 11.4 Å². The molecular formula is C15H16FN3O3S. The highest BCUT2D eigenvalue weighted by Crippen LogP contribution is 2.07. The molecule has 0 radical (unpaired) electrons. The van der Waals surface area contributed by atoms with E-state index in [0.717, 1.165) is 6.26 Å². The zero-order valence-corrected chi connectivity index (χ0v) is 13.3. The summed E-state index contributed by atoms with van der Waals surface area (Å²) in [5.41, 5.74) is 0.568. The Kier molecular flexibility index (Phi) is 5.28. The molecule has 0 aliphatic rings. The second-order valence-corrected chi connectivity index (χ2v) is 7.23. The molecule has 0 aliphatic carbocycles. The number of amides is 1. The fourth-order valence-electron chi connectivity index (χ4n) is 1.76. The number of carbonyl (C=O) groups is 1. The first-order valence-electron chi connectivity index (χ1n) is 6.78. The molecule has 1 amide bonds. The quantitative estimate of drug-likeness (QED) is 0.814. The molecule has 23 heavy (non-hydrogen) atoms. The van der Waals surface area contributed by atoms with Gasteiger partial charge >= 0.3 is 0 Å². The maximum Gasteiger partial charge on any atom is 0.249 e. The van der Waals surface area contributed by atoms with E-state index in [9.17, 15) is 17.6 Å². The first-order valence-corrected chi connectivity index (χ1v) is 8.84. The van der Waals surface area contributed by atoms with Crippen molar-refractivity contribution in [1.29, 1.82) is 0 Å². The van der Waals surface area contributed by atoms with Gasteiger partial charge in [0.25, 0.3) is 0 Å². The number of aromatic nitrogens is 2. The summed E-state index contributed by atoms with van der Waals surface area (Å²) < 4.78 is 36.6. The van der Waals surface area contributed by atoms with Crippen LogP contribution in [0.4, 0.5) is 10.2 Å². The third kappa shape index (κ3) is 6.03. The van der Waals surface area contributed by atoms with Gasteiger partial charge in [-0.15, -0.1) is 0 Å². The van der Waals surface area contributed by atoms with Gasteiger partial charge in [0, 0.05) is 24.6 Å². The summed E-state index contributed by atoms with van der Waals surface area (Å²) in [4.78, 5) is 11.8. The van der Waals surface area contributed by atoms with Gasteiger partial charge in [0.2, 0.25) is 5.91 Å². The van der Waals surface area contributed by atoms with Crippen LogP contribution in [0.15, 0.2) is 42.6 Å². The van der Waals surface area contributed by atoms with Gasteiger partial charge < -0.3 is 5.32 Å². The molecular weight excluding hydrogens is 321 g/mol. The molecule has 2 rings (SSSR count). The lowest BCUT2D eigenvalue weighted by Crippen LogP contribution is -2.13. The standard InChI is InChI=1S/C15H16FN3O3S/c1-23(21,22)10-9-19-8-7-14(18-19)17-15(20)6-5-12-3-2-4-13(16)11-12/h2-8,11H,9-10H2,1H3,(H,17,18,20)/b6-5+. The van der Waals surface area contributed by atoms with Gasteiger partial charge in [-0.25, -0.2) is 12.8 Å². The molecule has 0 fully saturated rings. The molecule has 1 heterocycles. The Morgan fingerprint density at radius 1 is 1.39 bits per heavy atom. The molecule has 0 unspecified atom stereocenters. The molecule has 0 spiro atoms. The van der Waals surface area contributed by atoms with E-state index in [1.165, 1.54) is 29.0 Å². The van der Waals surface area contributed by atoms with Crippen molar-refractivity contribution in [1.82, 2.24) is 9.78 Å². The summed E-state index contributed by atoms with van der Waals surface area (Å²) in [7, 11) is -3.07. The van der Waals surface area contributed by atoms with E-state index >= 15 is 0 Å². The van der Waals surface area contributed by atoms with Crippen LogP contribution in [-0.2, 0) is 21.2 Å². The Balaban J connectivity index is 1.92. The average molecular weight is 337 g/mol. The molecule has 8 heteroatoms. The maximum atomic E-state index is 13.0. The van der Waals surface area contributed by atoms with Crippen LogP contribution in [0.5, 0.6) is 0 Å². The van der Waals surface area contributed by atoms with Gasteiger partial charge in [-0.3, -0.25) is 9.48 Å². The Morgan fingerprint density at radius 2 is 2.17 bits per heavy atom. The maximum absolute atomic E-state index is 13.0. The number of hydrogen-bond acceptors (Lipinski definition) is 4. The van der Waals surface area contributed by atoms with E-state index < -0.39 is 15.7 Å². The summed E-state index contributed by atoms with van der Waals surface area (Å²) in [5, 5.41) is 6.59. The minimum absolute atomic E-state index is 0.0262. The monoisotopic (exact) mass is 337 g/mol. The molecule has 122 valence electrons. The van der Waals surface area contributed by atoms with Crippen LogP contribution in [0.1, 0.15) is 5.56 Å². The molecule has 0 aliphatic heterocycles. The van der Waals surface area contributed by atoms with Crippen LogP contribution in [0.3, 0.4) is 0 Å². The number of sulfone groups is 1. The smallest absolute Gasteiger partial charge is 0.249 e. The highest BCUT2D eigenvalue weighted by Gasteiger charge is 2.05. The SMILES string of the molecule is CS(=O)(=O)CCn1ccc(NC(=O)/C=C/c2cccc(F)c2)n1. The Hall–Kier alpha value is -2.48. The second-order valence-electron chi connectivity index (χ2n) is 4.97. The Labute approximate surface area is 133 Å². The van der Waals surface area contributed by atoms with Crippen LogP contribution in [0.2, 0.25) is 0 Å². The third-order valence-corrected chi connectivity index (χ3v) is 3.78. The molecule has 1 aromatic heterocycles. The number of nitrogens with one attached hydrogen (secondary N) is 1. The van der Waals surface area contributed by atoms with E-state index in [1.54, 1.807) is 24.4 Å². The number of carbonyl (C=O) groups excluding carboxylic acids is 1. The third-order valence-electron chi connectivity index (χ3n) is 2.86. The molecule has 0 saturated carbocycles. The molecule has 0 bridgehead atoms. The van der Waals surface area contributed by atoms with Gasteiger partial charge in [0.1, 0.15) is 15.7 Å². The number of benzene rings is 1. The predicted molar refractivity (Wildman–Crippen MR) is 86.0 cm³/mol. The first-order chi connectivity index (χ1) is 10.8. The molecule has 0 atom stereocenters. The van der Waals surface area contributed by atoms with Gasteiger partial charge in [0.15, 0.2) is 5.82 Å². The van der Waals surface area contributed by atoms with Crippen LogP contribution >= 0.6 is 0 Å². The van der Waals surface area contributed by atoms with Crippen LogP contribution < -0.4 is 5.32 Å². The van der Waals surface area contributed by atoms with E-state index in [2.05, 4.69) is 10.4 Å². The van der Waals surface area contributed by atoms with Gasteiger partial charge in [-0.1, -0.05) is 12.1 Å². The Morgan fingerprint density at radius 3 is 2.87 bits per heavy atom. The van der Waals surface area contributed by atoms with Crippen LogP contribution in [0, 0.1) is 5.82 Å². The highest BCUT2D eigenvalue weighted by molar-refractivity contribution is 7.90. The molecule has 6 nitrogen and oxygen atoms in total. The van der Waals surface area contributed by atoms with Gasteiger partial charge in [-0.05, 0) is 23.8 Å². The van der Waals surface area contributed by atoms with Crippen molar-refractivity contribution in [2.45, 2.75) is 6.54 Å². The molecule has 1 aromatic carbocycles. The zero-order chi connectivity index (χ0) is 16.9. The second kappa shape index (κ2) is 7.19. The van der Waals surface area contributed by atoms with E-state index in [4.69, 9.17) is 0 Å². The lowest BCUT2D eigenvalue weighted by atomic mass is 10.2. The van der Waals surface area contributed by atoms with Crippen LogP contribution in [0.25, 0.3) is 6.08 Å². The average Bonchev–Trinajstić information content (AvgIpc) is 2.90. The van der Waals surface area contributed by atoms with Crippen molar-refractivity contribution >= 4 is 27.6 Å². The van der Waals surface area contributed by atoms with Crippen molar-refractivity contribution in [3.05, 3.63) is 54.0 Å². The summed E-state index contributed by atoms with van der Waals surface area (Å²) in [5.74, 6) is -0.506. The summed E-state index contributed by atoms with van der Waals surface area (Å²) in [6.45, 7) is 0.216. The number of nitrogens with zero attached hydrogens (tertiary/aromatic N) is 2. The lowest BCUT2D eigenvalue weighted by molar-refractivity contribution is -0.111. The lowest BCUT2D eigenvalue weighted by Gasteiger charge is -2.00. The van der Waals surface area contributed by atoms with E-state index in [1.807, 2.05) is 0 Å². The Bertz CT molecular complexity index is 828. The van der Waals surface area contributed by atoms with Crippen molar-refractivity contribution < 1.29 is 17.6 Å². The number of hydrogen-bond donors (Lipinski definition) is 1. The van der Waals surface area contributed by atoms with Crippen molar-refractivity contribution in [2.75, 3.05) is 17.3 Å². The predicted octanol–water partition coefficient (Wildman–Crippen LogP) is 1.72. The van der Waals surface area contributed by atoms with Crippen molar-refractivity contribution in [2.24, 2.45) is 0 Å². The number of aryl methyl sites for hydroxylation is 1. The number of halogens is 1. The fourth-order valence-corrected chi connectivity index (χ4v) is 2.28. The number of anilines is 1. The normalized spacial score (nSPS) is 11.7. The largest absolute Gasteiger partial charge is 0.306 e. The molecule has 0 saturated heterocycles. The first kappa shape index (κ1) is 16.9. The fraction of sp³-hybridized carbons (Fsp3) is 0.200.